The summed E-state index contributed by atoms with van der Waals surface area (Å²) >= 11 is 1.91. The number of ether oxygens (including phenoxy) is 1. The molecular formula is C15H17IN2O2. The second kappa shape index (κ2) is 5.02. The van der Waals surface area contributed by atoms with Gasteiger partial charge in [-0.3, -0.25) is 4.79 Å². The molecule has 1 aromatic rings. The summed E-state index contributed by atoms with van der Waals surface area (Å²) in [5.41, 5.74) is 2.13. The Morgan fingerprint density at radius 3 is 2.85 bits per heavy atom. The lowest BCUT2D eigenvalue weighted by molar-refractivity contribution is -0.114. The summed E-state index contributed by atoms with van der Waals surface area (Å²) in [6, 6.07) is 6.10. The standard InChI is InChI=1S/C15H17IN2O2/c1-8-6-13-17-12-7-10(20-3)4-5-11(12)9(2)18(13)14(8)15(16)19/h4-5,7-9,14H,6H2,1-3H3. The smallest absolute Gasteiger partial charge is 0.214 e. The molecule has 3 atom stereocenters. The third kappa shape index (κ3) is 2.03. The molecule has 0 radical (unpaired) electrons. The number of aliphatic imine (C=N–C) groups is 1. The molecule has 1 saturated heterocycles. The molecule has 3 unspecified atom stereocenters. The number of benzene rings is 1. The van der Waals surface area contributed by atoms with Crippen LogP contribution in [0.3, 0.4) is 0 Å². The van der Waals surface area contributed by atoms with Crippen molar-refractivity contribution in [1.29, 1.82) is 0 Å². The second-order valence-corrected chi connectivity index (χ2v) is 6.53. The minimum Gasteiger partial charge on any atom is -0.497 e. The lowest BCUT2D eigenvalue weighted by atomic mass is 10.0. The van der Waals surface area contributed by atoms with Crippen LogP contribution in [0.1, 0.15) is 31.9 Å². The van der Waals surface area contributed by atoms with E-state index in [1.807, 2.05) is 34.7 Å². The van der Waals surface area contributed by atoms with E-state index in [0.717, 1.165) is 29.3 Å². The summed E-state index contributed by atoms with van der Waals surface area (Å²) in [6.45, 7) is 4.27. The highest BCUT2D eigenvalue weighted by atomic mass is 127. The maximum atomic E-state index is 11.9. The quantitative estimate of drug-likeness (QED) is 0.579. The minimum absolute atomic E-state index is 0.0559. The number of nitrogens with zero attached hydrogens (tertiary/aromatic N) is 2. The molecule has 5 heteroatoms. The van der Waals surface area contributed by atoms with E-state index in [9.17, 15) is 4.79 Å². The molecule has 1 fully saturated rings. The van der Waals surface area contributed by atoms with Crippen molar-refractivity contribution >= 4 is 37.9 Å². The van der Waals surface area contributed by atoms with Gasteiger partial charge in [-0.15, -0.1) is 0 Å². The first-order valence-electron chi connectivity index (χ1n) is 6.76. The Bertz CT molecular complexity index is 600. The molecule has 2 aliphatic heterocycles. The van der Waals surface area contributed by atoms with E-state index in [-0.39, 0.29) is 15.9 Å². The first kappa shape index (κ1) is 13.9. The summed E-state index contributed by atoms with van der Waals surface area (Å²) in [7, 11) is 1.66. The number of hydrogen-bond donors (Lipinski definition) is 0. The van der Waals surface area contributed by atoms with Crippen molar-refractivity contribution in [3.63, 3.8) is 0 Å². The molecule has 0 saturated carbocycles. The van der Waals surface area contributed by atoms with Crippen LogP contribution in [-0.2, 0) is 4.79 Å². The van der Waals surface area contributed by atoms with E-state index in [2.05, 4.69) is 24.8 Å². The van der Waals surface area contributed by atoms with Gasteiger partial charge in [-0.1, -0.05) is 13.0 Å². The fraction of sp³-hybridized carbons (Fsp3) is 0.467. The van der Waals surface area contributed by atoms with Crippen molar-refractivity contribution < 1.29 is 9.53 Å². The molecule has 0 aromatic heterocycles. The van der Waals surface area contributed by atoms with Crippen LogP contribution in [-0.4, -0.2) is 27.7 Å². The summed E-state index contributed by atoms with van der Waals surface area (Å²) in [5, 5.41) is 0. The number of carbonyl (C=O) groups is 1. The van der Waals surface area contributed by atoms with Crippen LogP contribution in [0.15, 0.2) is 23.2 Å². The number of hydrogen-bond acceptors (Lipinski definition) is 4. The lowest BCUT2D eigenvalue weighted by Gasteiger charge is -2.36. The van der Waals surface area contributed by atoms with Crippen LogP contribution in [0.2, 0.25) is 0 Å². The molecule has 1 aromatic carbocycles. The van der Waals surface area contributed by atoms with Gasteiger partial charge in [0.1, 0.15) is 17.6 Å². The molecule has 0 aliphatic carbocycles. The first-order chi connectivity index (χ1) is 9.52. The Morgan fingerprint density at radius 2 is 2.20 bits per heavy atom. The molecule has 2 heterocycles. The van der Waals surface area contributed by atoms with Gasteiger partial charge in [0.05, 0.1) is 18.8 Å². The third-order valence-electron chi connectivity index (χ3n) is 4.23. The molecule has 2 aliphatic rings. The molecule has 0 amide bonds. The molecule has 3 rings (SSSR count). The van der Waals surface area contributed by atoms with Crippen LogP contribution >= 0.6 is 22.6 Å². The summed E-state index contributed by atoms with van der Waals surface area (Å²) in [6.07, 6.45) is 0.862. The summed E-state index contributed by atoms with van der Waals surface area (Å²) in [4.78, 5) is 18.9. The molecule has 4 nitrogen and oxygen atoms in total. The van der Waals surface area contributed by atoms with Gasteiger partial charge in [0.2, 0.25) is 3.79 Å². The van der Waals surface area contributed by atoms with Crippen LogP contribution in [0.5, 0.6) is 5.75 Å². The predicted molar refractivity (Wildman–Crippen MR) is 86.9 cm³/mol. The average molecular weight is 384 g/mol. The Labute approximate surface area is 132 Å². The van der Waals surface area contributed by atoms with Crippen molar-refractivity contribution in [2.24, 2.45) is 10.9 Å². The van der Waals surface area contributed by atoms with E-state index in [1.54, 1.807) is 7.11 Å². The summed E-state index contributed by atoms with van der Waals surface area (Å²) in [5.74, 6) is 2.17. The van der Waals surface area contributed by atoms with Crippen LogP contribution in [0.4, 0.5) is 5.69 Å². The molecule has 106 valence electrons. The number of halogens is 1. The maximum Gasteiger partial charge on any atom is 0.214 e. The topological polar surface area (TPSA) is 41.9 Å². The Hall–Kier alpha value is -1.11. The molecule has 0 N–H and O–H groups in total. The number of fused-ring (bicyclic) bond motifs is 2. The van der Waals surface area contributed by atoms with Gasteiger partial charge in [-0.2, -0.15) is 0 Å². The normalized spacial score (nSPS) is 27.7. The third-order valence-corrected chi connectivity index (χ3v) is 4.87. The zero-order valence-electron chi connectivity index (χ0n) is 11.8. The van der Waals surface area contributed by atoms with Gasteiger partial charge in [0.15, 0.2) is 0 Å². The average Bonchev–Trinajstić information content (AvgIpc) is 2.74. The zero-order chi connectivity index (χ0) is 14.4. The van der Waals surface area contributed by atoms with Crippen molar-refractivity contribution in [3.8, 4) is 5.75 Å². The van der Waals surface area contributed by atoms with Crippen LogP contribution in [0.25, 0.3) is 0 Å². The SMILES string of the molecule is COc1ccc2c(c1)N=C1CC(C)C(C(=O)I)N1C2C. The largest absolute Gasteiger partial charge is 0.497 e. The van der Waals surface area contributed by atoms with Gasteiger partial charge in [0, 0.05) is 40.6 Å². The van der Waals surface area contributed by atoms with Crippen molar-refractivity contribution in [2.45, 2.75) is 32.4 Å². The number of amidine groups is 1. The number of methoxy groups -OCH3 is 1. The van der Waals surface area contributed by atoms with Crippen molar-refractivity contribution in [1.82, 2.24) is 4.90 Å². The first-order valence-corrected chi connectivity index (χ1v) is 7.84. The number of rotatable bonds is 2. The van der Waals surface area contributed by atoms with Crippen LogP contribution < -0.4 is 4.74 Å². The molecule has 0 spiro atoms. The molecular weight excluding hydrogens is 367 g/mol. The highest BCUT2D eigenvalue weighted by Crippen LogP contribution is 2.44. The van der Waals surface area contributed by atoms with E-state index in [0.29, 0.717) is 5.92 Å². The number of carbonyl (C=O) groups excluding carboxylic acids is 1. The van der Waals surface area contributed by atoms with Gasteiger partial charge in [-0.05, 0) is 18.9 Å². The van der Waals surface area contributed by atoms with Crippen molar-refractivity contribution in [3.05, 3.63) is 23.8 Å². The van der Waals surface area contributed by atoms with E-state index in [4.69, 9.17) is 9.73 Å². The van der Waals surface area contributed by atoms with Gasteiger partial charge in [-0.25, -0.2) is 4.99 Å². The fourth-order valence-electron chi connectivity index (χ4n) is 3.23. The summed E-state index contributed by atoms with van der Waals surface area (Å²) < 4.78 is 5.47. The zero-order valence-corrected chi connectivity index (χ0v) is 13.9. The van der Waals surface area contributed by atoms with Gasteiger partial charge >= 0.3 is 0 Å². The maximum absolute atomic E-state index is 11.9. The van der Waals surface area contributed by atoms with Gasteiger partial charge < -0.3 is 9.64 Å². The highest BCUT2D eigenvalue weighted by Gasteiger charge is 2.44. The highest BCUT2D eigenvalue weighted by molar-refractivity contribution is 14.1. The predicted octanol–water partition coefficient (Wildman–Crippen LogP) is 3.47. The lowest BCUT2D eigenvalue weighted by Crippen LogP contribution is -2.41. The Balaban J connectivity index is 2.07. The monoisotopic (exact) mass is 384 g/mol. The van der Waals surface area contributed by atoms with Crippen molar-refractivity contribution in [2.75, 3.05) is 7.11 Å². The minimum atomic E-state index is -0.0559. The van der Waals surface area contributed by atoms with Gasteiger partial charge in [0.25, 0.3) is 0 Å². The second-order valence-electron chi connectivity index (χ2n) is 5.47. The van der Waals surface area contributed by atoms with E-state index < -0.39 is 0 Å². The van der Waals surface area contributed by atoms with Crippen LogP contribution in [0, 0.1) is 5.92 Å². The van der Waals surface area contributed by atoms with E-state index in [1.165, 1.54) is 0 Å². The Kier molecular flexibility index (Phi) is 3.48. The molecule has 0 bridgehead atoms. The van der Waals surface area contributed by atoms with E-state index >= 15 is 0 Å². The fourth-order valence-corrected chi connectivity index (χ4v) is 4.14. The molecule has 20 heavy (non-hydrogen) atoms. The Morgan fingerprint density at radius 1 is 1.45 bits per heavy atom.